The van der Waals surface area contributed by atoms with E-state index in [2.05, 4.69) is 65.0 Å². The summed E-state index contributed by atoms with van der Waals surface area (Å²) in [4.78, 5) is 20.6. The van der Waals surface area contributed by atoms with Crippen LogP contribution in [-0.4, -0.2) is 47.2 Å². The molecule has 0 unspecified atom stereocenters. The number of nitrogens with one attached hydrogen (secondary N) is 1. The first-order valence-electron chi connectivity index (χ1n) is 11.5. The topological polar surface area (TPSA) is 59.6 Å². The number of phenolic OH excluding ortho intramolecular Hbond substituents is 1. The molecule has 0 radical (unpaired) electrons. The highest BCUT2D eigenvalue weighted by Gasteiger charge is 2.19. The quantitative estimate of drug-likeness (QED) is 0.465. The van der Waals surface area contributed by atoms with E-state index < -0.39 is 0 Å². The maximum absolute atomic E-state index is 12.6. The van der Waals surface area contributed by atoms with Crippen molar-refractivity contribution in [1.82, 2.24) is 9.88 Å². The van der Waals surface area contributed by atoms with Crippen molar-refractivity contribution in [2.45, 2.75) is 19.9 Å². The second-order valence-corrected chi connectivity index (χ2v) is 9.02. The summed E-state index contributed by atoms with van der Waals surface area (Å²) in [6.07, 6.45) is 0. The summed E-state index contributed by atoms with van der Waals surface area (Å²) >= 11 is 0. The van der Waals surface area contributed by atoms with Crippen LogP contribution in [0.15, 0.2) is 77.6 Å². The van der Waals surface area contributed by atoms with E-state index in [9.17, 15) is 9.90 Å². The smallest absolute Gasteiger partial charge is 0.256 e. The molecule has 3 aromatic carbocycles. The van der Waals surface area contributed by atoms with E-state index in [4.69, 9.17) is 0 Å². The molecule has 33 heavy (non-hydrogen) atoms. The Morgan fingerprint density at radius 3 is 2.09 bits per heavy atom. The third-order valence-corrected chi connectivity index (χ3v) is 6.63. The molecule has 4 aromatic rings. The molecule has 0 atom stereocenters. The highest BCUT2D eigenvalue weighted by atomic mass is 16.3. The van der Waals surface area contributed by atoms with E-state index in [-0.39, 0.29) is 11.3 Å². The highest BCUT2D eigenvalue weighted by Crippen LogP contribution is 2.28. The van der Waals surface area contributed by atoms with Gasteiger partial charge in [-0.25, -0.2) is 0 Å². The van der Waals surface area contributed by atoms with Crippen LogP contribution in [0.4, 0.5) is 5.69 Å². The number of aromatic hydroxyl groups is 1. The molecule has 1 aromatic heterocycles. The number of phenols is 1. The van der Waals surface area contributed by atoms with Crippen LogP contribution in [-0.2, 0) is 0 Å². The number of hydrogen-bond acceptors (Lipinski definition) is 4. The van der Waals surface area contributed by atoms with E-state index in [1.54, 1.807) is 24.3 Å². The summed E-state index contributed by atoms with van der Waals surface area (Å²) in [6.45, 7) is 8.84. The molecule has 5 rings (SSSR count). The van der Waals surface area contributed by atoms with Gasteiger partial charge in [-0.2, -0.15) is 0 Å². The van der Waals surface area contributed by atoms with Crippen LogP contribution in [0.2, 0.25) is 0 Å². The first-order chi connectivity index (χ1) is 16.0. The van der Waals surface area contributed by atoms with Gasteiger partial charge in [-0.05, 0) is 78.4 Å². The Labute approximate surface area is 193 Å². The Morgan fingerprint density at radius 1 is 0.788 bits per heavy atom. The fourth-order valence-corrected chi connectivity index (χ4v) is 4.60. The van der Waals surface area contributed by atoms with Gasteiger partial charge in [-0.3, -0.25) is 9.69 Å². The van der Waals surface area contributed by atoms with Crippen molar-refractivity contribution >= 4 is 16.6 Å². The van der Waals surface area contributed by atoms with Crippen molar-refractivity contribution in [3.8, 4) is 28.0 Å². The summed E-state index contributed by atoms with van der Waals surface area (Å²) < 4.78 is 0. The second-order valence-electron chi connectivity index (χ2n) is 9.02. The maximum atomic E-state index is 12.6. The van der Waals surface area contributed by atoms with Gasteiger partial charge in [0.15, 0.2) is 0 Å². The number of anilines is 1. The first-order valence-corrected chi connectivity index (χ1v) is 11.5. The lowest BCUT2D eigenvalue weighted by Gasteiger charge is -2.38. The largest absolute Gasteiger partial charge is 0.508 e. The van der Waals surface area contributed by atoms with Crippen molar-refractivity contribution in [3.63, 3.8) is 0 Å². The summed E-state index contributed by atoms with van der Waals surface area (Å²) in [7, 11) is 0. The second kappa shape index (κ2) is 8.75. The van der Waals surface area contributed by atoms with Gasteiger partial charge in [0.25, 0.3) is 5.56 Å². The van der Waals surface area contributed by atoms with E-state index in [0.29, 0.717) is 11.6 Å². The zero-order valence-electron chi connectivity index (χ0n) is 19.1. The van der Waals surface area contributed by atoms with Crippen molar-refractivity contribution in [1.29, 1.82) is 0 Å². The van der Waals surface area contributed by atoms with Gasteiger partial charge in [0.2, 0.25) is 0 Å². The molecule has 1 aliphatic heterocycles. The Balaban J connectivity index is 1.41. The minimum atomic E-state index is -0.136. The number of nitrogens with zero attached hydrogens (tertiary/aromatic N) is 2. The number of aromatic nitrogens is 1. The number of H-pyrrole nitrogens is 1. The minimum absolute atomic E-state index is 0.136. The van der Waals surface area contributed by atoms with Crippen LogP contribution in [0.3, 0.4) is 0 Å². The van der Waals surface area contributed by atoms with Gasteiger partial charge in [0.05, 0.1) is 0 Å². The van der Waals surface area contributed by atoms with Crippen molar-refractivity contribution in [2.75, 3.05) is 31.1 Å². The number of piperazine rings is 1. The molecule has 1 saturated heterocycles. The Hall–Kier alpha value is -3.57. The number of fused-ring (bicyclic) bond motifs is 1. The Kier molecular flexibility index (Phi) is 5.65. The van der Waals surface area contributed by atoms with E-state index in [1.165, 1.54) is 5.69 Å². The van der Waals surface area contributed by atoms with Crippen LogP contribution >= 0.6 is 0 Å². The fourth-order valence-electron chi connectivity index (χ4n) is 4.60. The normalized spacial score (nSPS) is 14.8. The molecule has 2 N–H and O–H groups in total. The van der Waals surface area contributed by atoms with Crippen LogP contribution in [0.25, 0.3) is 33.2 Å². The first kappa shape index (κ1) is 21.3. The van der Waals surface area contributed by atoms with E-state index in [0.717, 1.165) is 53.8 Å². The molecule has 1 aliphatic rings. The Bertz CT molecular complexity index is 1320. The molecule has 5 heteroatoms. The van der Waals surface area contributed by atoms with E-state index in [1.807, 2.05) is 12.1 Å². The standard InChI is InChI=1S/C28H29N3O2/c1-19(2)30-13-15-31(16-14-30)24-8-3-20(4-9-24)22-7-12-27-23(17-22)18-26(28(33)29-27)21-5-10-25(32)11-6-21/h3-12,17-19,32H,13-16H2,1-2H3,(H,29,33). The van der Waals surface area contributed by atoms with Gasteiger partial charge >= 0.3 is 0 Å². The predicted octanol–water partition coefficient (Wildman–Crippen LogP) is 5.10. The van der Waals surface area contributed by atoms with Gasteiger partial charge in [-0.1, -0.05) is 30.3 Å². The molecule has 0 bridgehead atoms. The van der Waals surface area contributed by atoms with Crippen LogP contribution in [0, 0.1) is 0 Å². The molecule has 0 aliphatic carbocycles. The monoisotopic (exact) mass is 439 g/mol. The molecule has 0 amide bonds. The maximum Gasteiger partial charge on any atom is 0.256 e. The summed E-state index contributed by atoms with van der Waals surface area (Å²) in [5.74, 6) is 0.184. The summed E-state index contributed by atoms with van der Waals surface area (Å²) in [5, 5.41) is 10.5. The number of hydrogen-bond donors (Lipinski definition) is 2. The van der Waals surface area contributed by atoms with Crippen molar-refractivity contribution in [3.05, 3.63) is 83.2 Å². The summed E-state index contributed by atoms with van der Waals surface area (Å²) in [6, 6.07) is 24.1. The number of aromatic amines is 1. The molecule has 0 saturated carbocycles. The van der Waals surface area contributed by atoms with Crippen LogP contribution < -0.4 is 10.5 Å². The summed E-state index contributed by atoms with van der Waals surface area (Å²) in [5.41, 5.74) is 5.58. The van der Waals surface area contributed by atoms with Gasteiger partial charge in [0.1, 0.15) is 5.75 Å². The van der Waals surface area contributed by atoms with E-state index >= 15 is 0 Å². The molecule has 2 heterocycles. The van der Waals surface area contributed by atoms with Crippen LogP contribution in [0.1, 0.15) is 13.8 Å². The molecule has 1 fully saturated rings. The Morgan fingerprint density at radius 2 is 1.42 bits per heavy atom. The van der Waals surface area contributed by atoms with Gasteiger partial charge in [0, 0.05) is 49.0 Å². The van der Waals surface area contributed by atoms with Gasteiger partial charge in [-0.15, -0.1) is 0 Å². The molecule has 0 spiro atoms. The minimum Gasteiger partial charge on any atom is -0.508 e. The lowest BCUT2D eigenvalue weighted by atomic mass is 10.0. The van der Waals surface area contributed by atoms with Crippen molar-refractivity contribution in [2.24, 2.45) is 0 Å². The molecule has 5 nitrogen and oxygen atoms in total. The number of pyridine rings is 1. The zero-order valence-corrected chi connectivity index (χ0v) is 19.1. The third-order valence-electron chi connectivity index (χ3n) is 6.63. The molecule has 168 valence electrons. The highest BCUT2D eigenvalue weighted by molar-refractivity contribution is 5.88. The number of benzene rings is 3. The number of rotatable bonds is 4. The SMILES string of the molecule is CC(C)N1CCN(c2ccc(-c3ccc4[nH]c(=O)c(-c5ccc(O)cc5)cc4c3)cc2)CC1. The molecular weight excluding hydrogens is 410 g/mol. The van der Waals surface area contributed by atoms with Crippen LogP contribution in [0.5, 0.6) is 5.75 Å². The fraction of sp³-hybridized carbons (Fsp3) is 0.250. The molecular formula is C28H29N3O2. The average molecular weight is 440 g/mol. The third kappa shape index (κ3) is 4.37. The lowest BCUT2D eigenvalue weighted by Crippen LogP contribution is -2.48. The average Bonchev–Trinajstić information content (AvgIpc) is 2.84. The predicted molar refractivity (Wildman–Crippen MR) is 136 cm³/mol. The zero-order chi connectivity index (χ0) is 22.9. The van der Waals surface area contributed by atoms with Gasteiger partial charge < -0.3 is 15.0 Å². The lowest BCUT2D eigenvalue weighted by molar-refractivity contribution is 0.209. The van der Waals surface area contributed by atoms with Crippen molar-refractivity contribution < 1.29 is 5.11 Å².